The van der Waals surface area contributed by atoms with Crippen LogP contribution < -0.4 is 0 Å². The Morgan fingerprint density at radius 1 is 0.929 bits per heavy atom. The molecule has 0 bridgehead atoms. The standard InChI is InChI=1S/C22H19F3N3/c1-12-11-16(14(3)28(12)18-10-9-17(23)19(24)20(18)25)22-26-13(2)21(27-22)15-7-5-4-6-8-15/h4-10H,11H2,1-3H3,(H,26,27)/q+1. The summed E-state index contributed by atoms with van der Waals surface area (Å²) in [5.74, 6) is -3.17. The van der Waals surface area contributed by atoms with E-state index >= 15 is 0 Å². The average molecular weight is 382 g/mol. The van der Waals surface area contributed by atoms with Crippen molar-refractivity contribution in [2.75, 3.05) is 0 Å². The van der Waals surface area contributed by atoms with E-state index in [1.54, 1.807) is 4.58 Å². The first-order valence-electron chi connectivity index (χ1n) is 8.96. The SMILES string of the molecule is CC1=C(c2nc(-c3ccccc3)c(C)[nH]2)CC(C)=[N+]1c1ccc(F)c(F)c1F. The Hall–Kier alpha value is -3.15. The molecule has 0 spiro atoms. The molecule has 1 N–H and O–H groups in total. The van der Waals surface area contributed by atoms with E-state index in [1.165, 1.54) is 6.07 Å². The van der Waals surface area contributed by atoms with Crippen molar-refractivity contribution in [2.24, 2.45) is 0 Å². The lowest BCUT2D eigenvalue weighted by atomic mass is 10.1. The van der Waals surface area contributed by atoms with Gasteiger partial charge in [-0.1, -0.05) is 30.3 Å². The zero-order valence-electron chi connectivity index (χ0n) is 15.8. The summed E-state index contributed by atoms with van der Waals surface area (Å²) in [6.07, 6.45) is 0.533. The number of halogens is 3. The van der Waals surface area contributed by atoms with Gasteiger partial charge in [0, 0.05) is 31.2 Å². The summed E-state index contributed by atoms with van der Waals surface area (Å²) < 4.78 is 43.0. The normalized spacial score (nSPS) is 14.4. The second-order valence-electron chi connectivity index (χ2n) is 6.93. The number of nitrogens with zero attached hydrogens (tertiary/aromatic N) is 2. The second kappa shape index (κ2) is 6.78. The fourth-order valence-corrected chi connectivity index (χ4v) is 3.69. The van der Waals surface area contributed by atoms with Gasteiger partial charge in [-0.25, -0.2) is 13.8 Å². The molecule has 0 amide bonds. The minimum Gasteiger partial charge on any atom is -0.342 e. The predicted octanol–water partition coefficient (Wildman–Crippen LogP) is 5.74. The van der Waals surface area contributed by atoms with Crippen LogP contribution in [0.1, 0.15) is 31.8 Å². The van der Waals surface area contributed by atoms with Crippen molar-refractivity contribution in [3.05, 3.63) is 77.1 Å². The van der Waals surface area contributed by atoms with Crippen molar-refractivity contribution in [1.29, 1.82) is 0 Å². The summed E-state index contributed by atoms with van der Waals surface area (Å²) >= 11 is 0. The van der Waals surface area contributed by atoms with E-state index in [2.05, 4.69) is 4.98 Å². The molecule has 0 fully saturated rings. The Labute approximate surface area is 160 Å². The van der Waals surface area contributed by atoms with Crippen molar-refractivity contribution >= 4 is 17.0 Å². The zero-order chi connectivity index (χ0) is 20.0. The third-order valence-electron chi connectivity index (χ3n) is 5.06. The maximum atomic E-state index is 14.4. The highest BCUT2D eigenvalue weighted by Crippen LogP contribution is 2.35. The van der Waals surface area contributed by atoms with Gasteiger partial charge in [-0.3, -0.25) is 0 Å². The number of aryl methyl sites for hydroxylation is 1. The molecule has 1 aliphatic heterocycles. The van der Waals surface area contributed by atoms with Gasteiger partial charge < -0.3 is 4.98 Å². The number of hydrogen-bond donors (Lipinski definition) is 1. The van der Waals surface area contributed by atoms with Crippen molar-refractivity contribution in [3.8, 4) is 11.3 Å². The minimum atomic E-state index is -1.47. The summed E-state index contributed by atoms with van der Waals surface area (Å²) in [7, 11) is 0. The number of aromatic nitrogens is 2. The van der Waals surface area contributed by atoms with E-state index in [0.29, 0.717) is 12.2 Å². The topological polar surface area (TPSA) is 31.7 Å². The predicted molar refractivity (Wildman–Crippen MR) is 103 cm³/mol. The van der Waals surface area contributed by atoms with E-state index in [4.69, 9.17) is 4.98 Å². The van der Waals surface area contributed by atoms with Crippen LogP contribution in [-0.2, 0) is 0 Å². The maximum absolute atomic E-state index is 14.4. The fraction of sp³-hybridized carbons (Fsp3) is 0.182. The number of rotatable bonds is 3. The lowest BCUT2D eigenvalue weighted by Gasteiger charge is -2.03. The average Bonchev–Trinajstić information content (AvgIpc) is 3.21. The molecule has 0 saturated heterocycles. The smallest absolute Gasteiger partial charge is 0.250 e. The Balaban J connectivity index is 1.79. The Morgan fingerprint density at radius 3 is 2.36 bits per heavy atom. The van der Waals surface area contributed by atoms with Gasteiger partial charge in [0.1, 0.15) is 5.82 Å². The molecular weight excluding hydrogens is 363 g/mol. The van der Waals surface area contributed by atoms with E-state index < -0.39 is 17.5 Å². The Morgan fingerprint density at radius 2 is 1.64 bits per heavy atom. The van der Waals surface area contributed by atoms with Crippen LogP contribution >= 0.6 is 0 Å². The van der Waals surface area contributed by atoms with Gasteiger partial charge in [0.2, 0.25) is 17.3 Å². The first-order valence-corrected chi connectivity index (χ1v) is 8.96. The van der Waals surface area contributed by atoms with Gasteiger partial charge >= 0.3 is 0 Å². The van der Waals surface area contributed by atoms with Crippen LogP contribution in [-0.4, -0.2) is 20.3 Å². The highest BCUT2D eigenvalue weighted by Gasteiger charge is 2.34. The number of hydrogen-bond acceptors (Lipinski definition) is 1. The number of H-pyrrole nitrogens is 1. The largest absolute Gasteiger partial charge is 0.342 e. The Bertz CT molecular complexity index is 1140. The van der Waals surface area contributed by atoms with Crippen LogP contribution in [0.3, 0.4) is 0 Å². The van der Waals surface area contributed by atoms with Crippen molar-refractivity contribution in [3.63, 3.8) is 0 Å². The number of nitrogens with one attached hydrogen (secondary N) is 1. The van der Waals surface area contributed by atoms with Gasteiger partial charge in [0.15, 0.2) is 17.2 Å². The quantitative estimate of drug-likeness (QED) is 0.454. The molecule has 2 aromatic carbocycles. The van der Waals surface area contributed by atoms with Gasteiger partial charge in [0.25, 0.3) is 0 Å². The third-order valence-corrected chi connectivity index (χ3v) is 5.06. The van der Waals surface area contributed by atoms with Crippen molar-refractivity contribution in [1.82, 2.24) is 9.97 Å². The molecule has 2 heterocycles. The molecule has 28 heavy (non-hydrogen) atoms. The molecule has 0 atom stereocenters. The molecular formula is C22H19F3N3+. The van der Waals surface area contributed by atoms with Gasteiger partial charge in [-0.15, -0.1) is 0 Å². The molecule has 0 radical (unpaired) electrons. The van der Waals surface area contributed by atoms with E-state index in [-0.39, 0.29) is 5.69 Å². The third kappa shape index (κ3) is 2.85. The maximum Gasteiger partial charge on any atom is 0.250 e. The zero-order valence-corrected chi connectivity index (χ0v) is 15.8. The minimum absolute atomic E-state index is 0.00420. The van der Waals surface area contributed by atoms with Crippen LogP contribution in [0.4, 0.5) is 18.9 Å². The van der Waals surface area contributed by atoms with E-state index in [9.17, 15) is 13.2 Å². The van der Waals surface area contributed by atoms with Crippen LogP contribution in [0.2, 0.25) is 0 Å². The van der Waals surface area contributed by atoms with Crippen LogP contribution in [0.25, 0.3) is 16.8 Å². The molecule has 0 saturated carbocycles. The number of aromatic amines is 1. The van der Waals surface area contributed by atoms with Crippen LogP contribution in [0, 0.1) is 24.4 Å². The first kappa shape index (κ1) is 18.2. The van der Waals surface area contributed by atoms with Crippen molar-refractivity contribution in [2.45, 2.75) is 27.2 Å². The molecule has 1 aromatic heterocycles. The summed E-state index contributed by atoms with van der Waals surface area (Å²) in [6.45, 7) is 5.62. The van der Waals surface area contributed by atoms with Crippen molar-refractivity contribution < 1.29 is 17.7 Å². The summed E-state index contributed by atoms with van der Waals surface area (Å²) in [4.78, 5) is 8.05. The Kier molecular flexibility index (Phi) is 4.41. The molecule has 3 nitrogen and oxygen atoms in total. The first-order chi connectivity index (χ1) is 13.4. The monoisotopic (exact) mass is 382 g/mol. The molecule has 1 aliphatic rings. The van der Waals surface area contributed by atoms with Gasteiger partial charge in [-0.2, -0.15) is 8.97 Å². The van der Waals surface area contributed by atoms with Crippen LogP contribution in [0.15, 0.2) is 48.2 Å². The molecule has 0 aliphatic carbocycles. The summed E-state index contributed by atoms with van der Waals surface area (Å²) in [6, 6.07) is 12.0. The highest BCUT2D eigenvalue weighted by atomic mass is 19.2. The number of benzene rings is 2. The summed E-state index contributed by atoms with van der Waals surface area (Å²) in [5.41, 5.74) is 5.22. The second-order valence-corrected chi connectivity index (χ2v) is 6.93. The lowest BCUT2D eigenvalue weighted by Crippen LogP contribution is -2.09. The molecule has 4 rings (SSSR count). The highest BCUT2D eigenvalue weighted by molar-refractivity contribution is 5.93. The molecule has 0 unspecified atom stereocenters. The van der Waals surface area contributed by atoms with Crippen LogP contribution in [0.5, 0.6) is 0 Å². The molecule has 142 valence electrons. The fourth-order valence-electron chi connectivity index (χ4n) is 3.69. The van der Waals surface area contributed by atoms with Gasteiger partial charge in [0.05, 0.1) is 17.7 Å². The summed E-state index contributed by atoms with van der Waals surface area (Å²) in [5, 5.41) is 0. The van der Waals surface area contributed by atoms with E-state index in [1.807, 2.05) is 51.1 Å². The van der Waals surface area contributed by atoms with Gasteiger partial charge in [-0.05, 0) is 13.0 Å². The molecule has 6 heteroatoms. The molecule has 3 aromatic rings. The van der Waals surface area contributed by atoms with E-state index in [0.717, 1.165) is 40.0 Å². The number of allylic oxidation sites excluding steroid dienone is 2. The lowest BCUT2D eigenvalue weighted by molar-refractivity contribution is -0.382. The number of imidazole rings is 1.